The number of hydrogen-bond donors (Lipinski definition) is 0. The lowest BCUT2D eigenvalue weighted by Crippen LogP contribution is -2.33. The van der Waals surface area contributed by atoms with Crippen LogP contribution in [-0.4, -0.2) is 0 Å². The van der Waals surface area contributed by atoms with Gasteiger partial charge in [-0.2, -0.15) is 9.83 Å². The van der Waals surface area contributed by atoms with Gasteiger partial charge in [-0.25, -0.2) is 0 Å². The zero-order chi connectivity index (χ0) is 26.0. The van der Waals surface area contributed by atoms with Gasteiger partial charge in [0.1, 0.15) is 11.7 Å². The van der Waals surface area contributed by atoms with Gasteiger partial charge in [-0.1, -0.05) is 58.9 Å². The van der Waals surface area contributed by atoms with E-state index in [1.165, 1.54) is 53.7 Å². The van der Waals surface area contributed by atoms with Gasteiger partial charge in [0, 0.05) is 16.3 Å². The molecule has 0 unspecified atom stereocenters. The SMILES string of the molecule is Cc1c(-c2c3sc(C4(C#N)CCC(C)(C)CC4)c(C)c3cc[n+]2C)cc(C(C)(C)C)c2ccccc12. The van der Waals surface area contributed by atoms with Crippen LogP contribution < -0.4 is 4.57 Å². The second-order valence-corrected chi connectivity index (χ2v) is 13.8. The van der Waals surface area contributed by atoms with Crippen molar-refractivity contribution in [3.05, 3.63) is 64.2 Å². The first-order chi connectivity index (χ1) is 16.9. The molecule has 4 aromatic rings. The minimum absolute atomic E-state index is 0.0326. The van der Waals surface area contributed by atoms with Crippen LogP contribution in [0.4, 0.5) is 0 Å². The fraction of sp³-hybridized carbons (Fsp3) is 0.455. The quantitative estimate of drug-likeness (QED) is 0.255. The smallest absolute Gasteiger partial charge is 0.200 e. The molecule has 3 heteroatoms. The molecule has 0 radical (unpaired) electrons. The molecule has 2 aromatic carbocycles. The highest BCUT2D eigenvalue weighted by molar-refractivity contribution is 7.20. The van der Waals surface area contributed by atoms with E-state index in [0.717, 1.165) is 25.7 Å². The molecule has 2 heterocycles. The van der Waals surface area contributed by atoms with Crippen molar-refractivity contribution in [2.24, 2.45) is 12.5 Å². The zero-order valence-electron chi connectivity index (χ0n) is 23.2. The van der Waals surface area contributed by atoms with Crippen molar-refractivity contribution in [1.82, 2.24) is 0 Å². The Balaban J connectivity index is 1.80. The molecular formula is C33H39N2S+. The van der Waals surface area contributed by atoms with Crippen LogP contribution in [-0.2, 0) is 17.9 Å². The van der Waals surface area contributed by atoms with Gasteiger partial charge in [0.15, 0.2) is 6.20 Å². The Kier molecular flexibility index (Phi) is 5.84. The normalized spacial score (nSPS) is 17.4. The summed E-state index contributed by atoms with van der Waals surface area (Å²) in [6.45, 7) is 16.1. The van der Waals surface area contributed by atoms with Crippen LogP contribution in [0, 0.1) is 30.6 Å². The number of fused-ring (bicyclic) bond motifs is 2. The summed E-state index contributed by atoms with van der Waals surface area (Å²) in [4.78, 5) is 1.29. The number of rotatable bonds is 2. The van der Waals surface area contributed by atoms with Crippen molar-refractivity contribution in [3.8, 4) is 17.3 Å². The first kappa shape index (κ1) is 25.0. The summed E-state index contributed by atoms with van der Waals surface area (Å²) in [7, 11) is 2.16. The summed E-state index contributed by atoms with van der Waals surface area (Å²) in [6.07, 6.45) is 6.32. The summed E-state index contributed by atoms with van der Waals surface area (Å²) in [5.41, 5.74) is 6.57. The average molecular weight is 496 g/mol. The molecule has 0 aliphatic heterocycles. The summed E-state index contributed by atoms with van der Waals surface area (Å²) in [5.74, 6) is 0. The Morgan fingerprint density at radius 3 is 2.17 bits per heavy atom. The van der Waals surface area contributed by atoms with Gasteiger partial charge in [0.2, 0.25) is 5.69 Å². The van der Waals surface area contributed by atoms with Crippen molar-refractivity contribution in [3.63, 3.8) is 0 Å². The summed E-state index contributed by atoms with van der Waals surface area (Å²) >= 11 is 1.87. The molecule has 0 N–H and O–H groups in total. The average Bonchev–Trinajstić information content (AvgIpc) is 3.16. The molecule has 36 heavy (non-hydrogen) atoms. The van der Waals surface area contributed by atoms with E-state index in [-0.39, 0.29) is 10.8 Å². The fourth-order valence-electron chi connectivity index (χ4n) is 6.22. The molecule has 1 aliphatic rings. The van der Waals surface area contributed by atoms with Gasteiger partial charge >= 0.3 is 0 Å². The summed E-state index contributed by atoms with van der Waals surface area (Å²) in [5, 5.41) is 14.5. The van der Waals surface area contributed by atoms with E-state index in [4.69, 9.17) is 0 Å². The minimum Gasteiger partial charge on any atom is -0.200 e. The molecule has 0 spiro atoms. The number of aryl methyl sites for hydroxylation is 3. The molecule has 1 aliphatic carbocycles. The fourth-order valence-corrected chi connectivity index (χ4v) is 7.82. The highest BCUT2D eigenvalue weighted by Crippen LogP contribution is 2.51. The Labute approximate surface area is 220 Å². The van der Waals surface area contributed by atoms with E-state index in [1.54, 1.807) is 0 Å². The topological polar surface area (TPSA) is 27.7 Å². The third-order valence-electron chi connectivity index (χ3n) is 8.71. The maximum absolute atomic E-state index is 10.5. The predicted octanol–water partition coefficient (Wildman–Crippen LogP) is 8.82. The van der Waals surface area contributed by atoms with Crippen molar-refractivity contribution in [2.45, 2.75) is 85.0 Å². The largest absolute Gasteiger partial charge is 0.230 e. The third-order valence-corrected chi connectivity index (χ3v) is 10.2. The summed E-state index contributed by atoms with van der Waals surface area (Å²) in [6, 6.07) is 16.3. The van der Waals surface area contributed by atoms with Crippen molar-refractivity contribution < 1.29 is 4.57 Å². The lowest BCUT2D eigenvalue weighted by Gasteiger charge is -2.39. The second kappa shape index (κ2) is 8.42. The molecule has 2 aromatic heterocycles. The molecule has 1 saturated carbocycles. The van der Waals surface area contributed by atoms with E-state index in [1.807, 2.05) is 11.3 Å². The monoisotopic (exact) mass is 495 g/mol. The Morgan fingerprint density at radius 2 is 1.56 bits per heavy atom. The number of pyridine rings is 1. The lowest BCUT2D eigenvalue weighted by molar-refractivity contribution is -0.659. The Bertz CT molecular complexity index is 1530. The number of aromatic nitrogens is 1. The number of nitrogens with zero attached hydrogens (tertiary/aromatic N) is 2. The number of thiophene rings is 1. The van der Waals surface area contributed by atoms with Gasteiger partial charge in [-0.3, -0.25) is 0 Å². The molecular weight excluding hydrogens is 456 g/mol. The van der Waals surface area contributed by atoms with Crippen molar-refractivity contribution >= 4 is 32.2 Å². The van der Waals surface area contributed by atoms with Gasteiger partial charge < -0.3 is 0 Å². The molecule has 1 fully saturated rings. The van der Waals surface area contributed by atoms with Gasteiger partial charge in [0.05, 0.1) is 17.0 Å². The maximum atomic E-state index is 10.5. The van der Waals surface area contributed by atoms with Crippen LogP contribution in [0.5, 0.6) is 0 Å². The van der Waals surface area contributed by atoms with Gasteiger partial charge in [0.25, 0.3) is 0 Å². The van der Waals surface area contributed by atoms with E-state index < -0.39 is 0 Å². The van der Waals surface area contributed by atoms with Crippen LogP contribution in [0.1, 0.15) is 81.9 Å². The van der Waals surface area contributed by atoms with E-state index in [9.17, 15) is 5.26 Å². The van der Waals surface area contributed by atoms with Crippen molar-refractivity contribution in [1.29, 1.82) is 5.26 Å². The molecule has 186 valence electrons. The first-order valence-corrected chi connectivity index (χ1v) is 14.1. The van der Waals surface area contributed by atoms with E-state index in [0.29, 0.717) is 5.41 Å². The van der Waals surface area contributed by atoms with E-state index in [2.05, 4.69) is 109 Å². The standard InChI is InChI=1S/C33H39N2S/c1-21-23-11-9-10-12-25(23)27(31(3,4)5)19-26(21)28-29-24(13-18-35(28)8)22(2)30(36-29)33(20-34)16-14-32(6,7)15-17-33/h9-13,18-19H,14-17H2,1-8H3/q+1. The predicted molar refractivity (Wildman–Crippen MR) is 154 cm³/mol. The molecule has 0 atom stereocenters. The maximum Gasteiger partial charge on any atom is 0.230 e. The molecule has 0 saturated heterocycles. The summed E-state index contributed by atoms with van der Waals surface area (Å²) < 4.78 is 3.60. The zero-order valence-corrected chi connectivity index (χ0v) is 24.0. The first-order valence-electron chi connectivity index (χ1n) is 13.3. The Hall–Kier alpha value is -2.70. The number of nitriles is 1. The molecule has 2 nitrogen and oxygen atoms in total. The highest BCUT2D eigenvalue weighted by Gasteiger charge is 2.42. The lowest BCUT2D eigenvalue weighted by atomic mass is 9.64. The van der Waals surface area contributed by atoms with E-state index >= 15 is 0 Å². The van der Waals surface area contributed by atoms with Crippen LogP contribution in [0.15, 0.2) is 42.6 Å². The molecule has 5 rings (SSSR count). The van der Waals surface area contributed by atoms with Crippen LogP contribution >= 0.6 is 11.3 Å². The van der Waals surface area contributed by atoms with Crippen LogP contribution in [0.3, 0.4) is 0 Å². The van der Waals surface area contributed by atoms with Crippen molar-refractivity contribution in [2.75, 3.05) is 0 Å². The highest BCUT2D eigenvalue weighted by atomic mass is 32.1. The van der Waals surface area contributed by atoms with Gasteiger partial charge in [-0.15, -0.1) is 11.3 Å². The minimum atomic E-state index is -0.367. The number of benzene rings is 2. The molecule has 0 bridgehead atoms. The molecule has 0 amide bonds. The van der Waals surface area contributed by atoms with Crippen LogP contribution in [0.25, 0.3) is 32.1 Å². The Morgan fingerprint density at radius 1 is 0.917 bits per heavy atom. The third kappa shape index (κ3) is 3.86. The van der Waals surface area contributed by atoms with Crippen LogP contribution in [0.2, 0.25) is 0 Å². The second-order valence-electron chi connectivity index (χ2n) is 12.8. The number of hydrogen-bond acceptors (Lipinski definition) is 2. The van der Waals surface area contributed by atoms with Gasteiger partial charge in [-0.05, 0) is 83.9 Å².